The van der Waals surface area contributed by atoms with Crippen LogP contribution in [0.1, 0.15) is 46.4 Å². The molecule has 28 heavy (non-hydrogen) atoms. The highest BCUT2D eigenvalue weighted by molar-refractivity contribution is 5.93. The lowest BCUT2D eigenvalue weighted by Gasteiger charge is -2.30. The summed E-state index contributed by atoms with van der Waals surface area (Å²) in [4.78, 5) is 18.9. The molecule has 3 aromatic rings. The Hall–Kier alpha value is -3.09. The zero-order valence-corrected chi connectivity index (χ0v) is 15.8. The van der Waals surface area contributed by atoms with Crippen LogP contribution in [0.15, 0.2) is 51.8 Å². The van der Waals surface area contributed by atoms with Gasteiger partial charge in [-0.1, -0.05) is 17.3 Å². The quantitative estimate of drug-likeness (QED) is 0.649. The first kappa shape index (κ1) is 18.3. The molecule has 1 unspecified atom stereocenters. The Morgan fingerprint density at radius 3 is 3.11 bits per heavy atom. The second-order valence-electron chi connectivity index (χ2n) is 7.07. The summed E-state index contributed by atoms with van der Waals surface area (Å²) in [5.74, 6) is 2.09. The van der Waals surface area contributed by atoms with Crippen molar-refractivity contribution in [1.29, 1.82) is 0 Å². The maximum absolute atomic E-state index is 12.5. The third-order valence-corrected chi connectivity index (χ3v) is 4.89. The number of aryl methyl sites for hydroxylation is 1. The molecule has 2 aromatic heterocycles. The Labute approximate surface area is 163 Å². The van der Waals surface area contributed by atoms with E-state index in [0.29, 0.717) is 36.9 Å². The fourth-order valence-electron chi connectivity index (χ4n) is 3.43. The molecule has 7 heteroatoms. The Morgan fingerprint density at radius 1 is 1.36 bits per heavy atom. The fourth-order valence-corrected chi connectivity index (χ4v) is 3.43. The molecule has 1 aliphatic rings. The summed E-state index contributed by atoms with van der Waals surface area (Å²) in [5, 5.41) is 4.08. The van der Waals surface area contributed by atoms with E-state index in [2.05, 4.69) is 10.1 Å². The van der Waals surface area contributed by atoms with E-state index in [1.807, 2.05) is 36.1 Å². The SMILES string of the molecule is Cc1cccc(OCCc2noc(C3CCCN(C(=O)c4ccoc4)C3)n2)c1. The van der Waals surface area contributed by atoms with Crippen LogP contribution in [0.3, 0.4) is 0 Å². The summed E-state index contributed by atoms with van der Waals surface area (Å²) >= 11 is 0. The van der Waals surface area contributed by atoms with Gasteiger partial charge in [-0.05, 0) is 43.5 Å². The standard InChI is InChI=1S/C21H23N3O4/c1-15-4-2-6-18(12-15)27-11-8-19-22-20(28-23-19)16-5-3-9-24(13-16)21(25)17-7-10-26-14-17/h2,4,6-7,10,12,14,16H,3,5,8-9,11,13H2,1H3. The number of furan rings is 1. The van der Waals surface area contributed by atoms with Crippen LogP contribution in [-0.4, -0.2) is 40.6 Å². The highest BCUT2D eigenvalue weighted by Crippen LogP contribution is 2.27. The van der Waals surface area contributed by atoms with Crippen molar-refractivity contribution < 1.29 is 18.5 Å². The number of rotatable bonds is 6. The summed E-state index contributed by atoms with van der Waals surface area (Å²) in [5.41, 5.74) is 1.73. The van der Waals surface area contributed by atoms with E-state index in [0.717, 1.165) is 30.7 Å². The van der Waals surface area contributed by atoms with Crippen molar-refractivity contribution in [1.82, 2.24) is 15.0 Å². The Kier molecular flexibility index (Phi) is 5.41. The molecule has 0 radical (unpaired) electrons. The van der Waals surface area contributed by atoms with Crippen LogP contribution in [0.25, 0.3) is 0 Å². The maximum Gasteiger partial charge on any atom is 0.257 e. The highest BCUT2D eigenvalue weighted by atomic mass is 16.5. The third kappa shape index (κ3) is 4.24. The number of piperidine rings is 1. The lowest BCUT2D eigenvalue weighted by atomic mass is 9.97. The van der Waals surface area contributed by atoms with Crippen LogP contribution in [-0.2, 0) is 6.42 Å². The molecule has 3 heterocycles. The van der Waals surface area contributed by atoms with Gasteiger partial charge in [0, 0.05) is 19.5 Å². The number of nitrogens with zero attached hydrogens (tertiary/aromatic N) is 3. The Morgan fingerprint density at radius 2 is 2.29 bits per heavy atom. The van der Waals surface area contributed by atoms with Gasteiger partial charge in [-0.3, -0.25) is 4.79 Å². The predicted octanol–water partition coefficient (Wildman–Crippen LogP) is 3.61. The maximum atomic E-state index is 12.5. The second-order valence-corrected chi connectivity index (χ2v) is 7.07. The first-order valence-electron chi connectivity index (χ1n) is 9.52. The Bertz CT molecular complexity index is 919. The number of ether oxygens (including phenoxy) is 1. The minimum atomic E-state index is -0.0234. The molecule has 0 bridgehead atoms. The van der Waals surface area contributed by atoms with E-state index in [4.69, 9.17) is 13.7 Å². The number of hydrogen-bond donors (Lipinski definition) is 0. The van der Waals surface area contributed by atoms with Gasteiger partial charge in [0.1, 0.15) is 12.0 Å². The first-order valence-corrected chi connectivity index (χ1v) is 9.52. The average molecular weight is 381 g/mol. The third-order valence-electron chi connectivity index (χ3n) is 4.89. The molecule has 4 rings (SSSR count). The molecule has 1 fully saturated rings. The van der Waals surface area contributed by atoms with Crippen molar-refractivity contribution in [2.45, 2.75) is 32.1 Å². The summed E-state index contributed by atoms with van der Waals surface area (Å²) in [6, 6.07) is 9.61. The van der Waals surface area contributed by atoms with E-state index >= 15 is 0 Å². The van der Waals surface area contributed by atoms with Gasteiger partial charge in [0.25, 0.3) is 5.91 Å². The first-order chi connectivity index (χ1) is 13.7. The van der Waals surface area contributed by atoms with Crippen LogP contribution >= 0.6 is 0 Å². The van der Waals surface area contributed by atoms with Gasteiger partial charge in [0.15, 0.2) is 5.82 Å². The van der Waals surface area contributed by atoms with E-state index in [9.17, 15) is 4.79 Å². The molecule has 0 saturated carbocycles. The molecule has 0 spiro atoms. The van der Waals surface area contributed by atoms with Crippen molar-refractivity contribution in [2.24, 2.45) is 0 Å². The minimum absolute atomic E-state index is 0.0234. The smallest absolute Gasteiger partial charge is 0.257 e. The van der Waals surface area contributed by atoms with Gasteiger partial charge < -0.3 is 18.6 Å². The molecular formula is C21H23N3O4. The van der Waals surface area contributed by atoms with E-state index < -0.39 is 0 Å². The molecule has 146 valence electrons. The molecular weight excluding hydrogens is 358 g/mol. The van der Waals surface area contributed by atoms with Gasteiger partial charge in [0.05, 0.1) is 24.4 Å². The molecule has 1 aliphatic heterocycles. The number of aromatic nitrogens is 2. The van der Waals surface area contributed by atoms with Crippen molar-refractivity contribution >= 4 is 5.91 Å². The van der Waals surface area contributed by atoms with Crippen LogP contribution in [0.4, 0.5) is 0 Å². The van der Waals surface area contributed by atoms with Gasteiger partial charge >= 0.3 is 0 Å². The zero-order valence-electron chi connectivity index (χ0n) is 15.8. The van der Waals surface area contributed by atoms with Crippen LogP contribution in [0.2, 0.25) is 0 Å². The largest absolute Gasteiger partial charge is 0.493 e. The van der Waals surface area contributed by atoms with Crippen LogP contribution in [0, 0.1) is 6.92 Å². The Balaban J connectivity index is 1.32. The lowest BCUT2D eigenvalue weighted by Crippen LogP contribution is -2.39. The van der Waals surface area contributed by atoms with Gasteiger partial charge in [-0.25, -0.2) is 0 Å². The number of carbonyl (C=O) groups is 1. The molecule has 7 nitrogen and oxygen atoms in total. The molecule has 1 atom stereocenters. The second kappa shape index (κ2) is 8.29. The average Bonchev–Trinajstić information content (AvgIpc) is 3.40. The molecule has 1 aromatic carbocycles. The molecule has 1 saturated heterocycles. The molecule has 0 N–H and O–H groups in total. The van der Waals surface area contributed by atoms with Gasteiger partial charge in [-0.15, -0.1) is 0 Å². The van der Waals surface area contributed by atoms with Gasteiger partial charge in [0.2, 0.25) is 5.89 Å². The van der Waals surface area contributed by atoms with Crippen molar-refractivity contribution in [3.05, 3.63) is 65.7 Å². The van der Waals surface area contributed by atoms with Crippen molar-refractivity contribution in [3.8, 4) is 5.75 Å². The number of amides is 1. The summed E-state index contributed by atoms with van der Waals surface area (Å²) in [6.07, 6.45) is 5.39. The highest BCUT2D eigenvalue weighted by Gasteiger charge is 2.29. The topological polar surface area (TPSA) is 81.6 Å². The van der Waals surface area contributed by atoms with Crippen molar-refractivity contribution in [3.63, 3.8) is 0 Å². The molecule has 1 amide bonds. The summed E-state index contributed by atoms with van der Waals surface area (Å²) in [6.45, 7) is 3.82. The summed E-state index contributed by atoms with van der Waals surface area (Å²) < 4.78 is 16.2. The normalized spacial score (nSPS) is 16.9. The van der Waals surface area contributed by atoms with Crippen LogP contribution in [0.5, 0.6) is 5.75 Å². The van der Waals surface area contributed by atoms with E-state index in [1.54, 1.807) is 6.07 Å². The van der Waals surface area contributed by atoms with E-state index in [-0.39, 0.29) is 11.8 Å². The summed E-state index contributed by atoms with van der Waals surface area (Å²) in [7, 11) is 0. The number of hydrogen-bond acceptors (Lipinski definition) is 6. The zero-order chi connectivity index (χ0) is 19.3. The minimum Gasteiger partial charge on any atom is -0.493 e. The van der Waals surface area contributed by atoms with Crippen LogP contribution < -0.4 is 4.74 Å². The van der Waals surface area contributed by atoms with Crippen molar-refractivity contribution in [2.75, 3.05) is 19.7 Å². The fraction of sp³-hybridized carbons (Fsp3) is 0.381. The number of benzene rings is 1. The lowest BCUT2D eigenvalue weighted by molar-refractivity contribution is 0.0695. The molecule has 0 aliphatic carbocycles. The van der Waals surface area contributed by atoms with Gasteiger partial charge in [-0.2, -0.15) is 4.98 Å². The van der Waals surface area contributed by atoms with E-state index in [1.165, 1.54) is 12.5 Å². The predicted molar refractivity (Wildman–Crippen MR) is 101 cm³/mol. The number of carbonyl (C=O) groups excluding carboxylic acids is 1. The number of likely N-dealkylation sites (tertiary alicyclic amines) is 1. The monoisotopic (exact) mass is 381 g/mol.